The summed E-state index contributed by atoms with van der Waals surface area (Å²) < 4.78 is 30.1. The van der Waals surface area contributed by atoms with Gasteiger partial charge in [-0.3, -0.25) is 4.18 Å². The van der Waals surface area contributed by atoms with E-state index in [1.165, 1.54) is 0 Å². The second-order valence-corrected chi connectivity index (χ2v) is 8.75. The van der Waals surface area contributed by atoms with Crippen LogP contribution in [-0.4, -0.2) is 14.5 Å². The molecule has 2 rings (SSSR count). The third kappa shape index (κ3) is 4.11. The molecule has 0 radical (unpaired) electrons. The van der Waals surface area contributed by atoms with Crippen molar-refractivity contribution in [2.45, 2.75) is 70.8 Å². The molecule has 124 valence electrons. The molecule has 1 aromatic carbocycles. The smallest absolute Gasteiger partial charge is 0.263 e. The van der Waals surface area contributed by atoms with Gasteiger partial charge in [-0.05, 0) is 56.1 Å². The van der Waals surface area contributed by atoms with Gasteiger partial charge >= 0.3 is 0 Å². The zero-order valence-electron chi connectivity index (χ0n) is 14.1. The average molecular weight is 324 g/mol. The van der Waals surface area contributed by atoms with E-state index in [1.54, 1.807) is 24.3 Å². The minimum atomic E-state index is -3.64. The van der Waals surface area contributed by atoms with E-state index in [2.05, 4.69) is 20.8 Å². The summed E-state index contributed by atoms with van der Waals surface area (Å²) in [5.41, 5.74) is 1.38. The fourth-order valence-electron chi connectivity index (χ4n) is 3.17. The van der Waals surface area contributed by atoms with Crippen molar-refractivity contribution in [3.05, 3.63) is 29.8 Å². The normalized spacial score (nSPS) is 23.5. The van der Waals surface area contributed by atoms with Gasteiger partial charge in [-0.15, -0.1) is 0 Å². The van der Waals surface area contributed by atoms with Crippen LogP contribution in [0.25, 0.3) is 0 Å². The van der Waals surface area contributed by atoms with Crippen LogP contribution in [0.3, 0.4) is 0 Å². The minimum absolute atomic E-state index is 0.171. The van der Waals surface area contributed by atoms with Gasteiger partial charge in [-0.25, -0.2) is 0 Å². The van der Waals surface area contributed by atoms with Crippen LogP contribution < -0.4 is 0 Å². The highest BCUT2D eigenvalue weighted by Crippen LogP contribution is 2.41. The largest absolute Gasteiger partial charge is 0.297 e. The molecule has 0 N–H and O–H groups in total. The Hall–Kier alpha value is -0.870. The molecule has 0 bridgehead atoms. The van der Waals surface area contributed by atoms with Gasteiger partial charge in [0, 0.05) is 0 Å². The molecule has 0 unspecified atom stereocenters. The first kappa shape index (κ1) is 17.5. The lowest BCUT2D eigenvalue weighted by atomic mass is 9.69. The van der Waals surface area contributed by atoms with Crippen molar-refractivity contribution in [1.29, 1.82) is 0 Å². The van der Waals surface area contributed by atoms with Crippen LogP contribution in [0.1, 0.15) is 58.4 Å². The second-order valence-electron chi connectivity index (χ2n) is 7.18. The second kappa shape index (κ2) is 6.71. The van der Waals surface area contributed by atoms with Gasteiger partial charge in [0.2, 0.25) is 0 Å². The predicted molar refractivity (Wildman–Crippen MR) is 89.3 cm³/mol. The molecule has 1 aliphatic carbocycles. The lowest BCUT2D eigenvalue weighted by Crippen LogP contribution is -2.31. The predicted octanol–water partition coefficient (Wildman–Crippen LogP) is 4.70. The Morgan fingerprint density at radius 1 is 1.09 bits per heavy atom. The van der Waals surface area contributed by atoms with Crippen LogP contribution >= 0.6 is 0 Å². The summed E-state index contributed by atoms with van der Waals surface area (Å²) in [7, 11) is -3.64. The van der Waals surface area contributed by atoms with Crippen LogP contribution in [0, 0.1) is 18.3 Å². The first-order chi connectivity index (χ1) is 10.2. The molecule has 0 atom stereocenters. The fraction of sp³-hybridized carbons (Fsp3) is 0.667. The van der Waals surface area contributed by atoms with Crippen LogP contribution in [0.4, 0.5) is 0 Å². The highest BCUT2D eigenvalue weighted by molar-refractivity contribution is 7.86. The van der Waals surface area contributed by atoms with E-state index in [0.717, 1.165) is 37.7 Å². The molecule has 4 heteroatoms. The van der Waals surface area contributed by atoms with E-state index < -0.39 is 10.1 Å². The average Bonchev–Trinajstić information content (AvgIpc) is 2.48. The molecule has 0 aliphatic heterocycles. The Kier molecular flexibility index (Phi) is 5.33. The topological polar surface area (TPSA) is 43.4 Å². The molecule has 1 aliphatic rings. The number of hydrogen-bond acceptors (Lipinski definition) is 3. The Morgan fingerprint density at radius 2 is 1.64 bits per heavy atom. The first-order valence-electron chi connectivity index (χ1n) is 8.24. The molecule has 0 amide bonds. The zero-order chi connectivity index (χ0) is 16.4. The van der Waals surface area contributed by atoms with Crippen molar-refractivity contribution in [2.24, 2.45) is 11.3 Å². The Morgan fingerprint density at radius 3 is 2.14 bits per heavy atom. The van der Waals surface area contributed by atoms with Gasteiger partial charge < -0.3 is 0 Å². The molecular formula is C18H28O3S. The molecule has 1 aromatic rings. The monoisotopic (exact) mass is 324 g/mol. The van der Waals surface area contributed by atoms with E-state index in [9.17, 15) is 8.42 Å². The number of aryl methyl sites for hydroxylation is 1. The first-order valence-corrected chi connectivity index (χ1v) is 9.65. The zero-order valence-corrected chi connectivity index (χ0v) is 14.9. The van der Waals surface area contributed by atoms with Crippen LogP contribution in [0.15, 0.2) is 29.2 Å². The summed E-state index contributed by atoms with van der Waals surface area (Å²) >= 11 is 0. The van der Waals surface area contributed by atoms with Crippen molar-refractivity contribution in [2.75, 3.05) is 0 Å². The maximum atomic E-state index is 12.3. The highest BCUT2D eigenvalue weighted by Gasteiger charge is 2.33. The molecule has 22 heavy (non-hydrogen) atoms. The SMILES string of the molecule is CCC(C)(C)[C@H]1CC[C@H](OS(=O)(=O)c2ccc(C)cc2)CC1. The van der Waals surface area contributed by atoms with E-state index >= 15 is 0 Å². The van der Waals surface area contributed by atoms with Gasteiger partial charge in [0.05, 0.1) is 11.0 Å². The van der Waals surface area contributed by atoms with Gasteiger partial charge in [0.25, 0.3) is 10.1 Å². The van der Waals surface area contributed by atoms with Crippen molar-refractivity contribution in [3.8, 4) is 0 Å². The number of benzene rings is 1. The van der Waals surface area contributed by atoms with E-state index in [1.807, 2.05) is 6.92 Å². The maximum Gasteiger partial charge on any atom is 0.297 e. The van der Waals surface area contributed by atoms with Crippen LogP contribution in [0.2, 0.25) is 0 Å². The van der Waals surface area contributed by atoms with Gasteiger partial charge in [0.1, 0.15) is 0 Å². The van der Waals surface area contributed by atoms with E-state index in [-0.39, 0.29) is 11.0 Å². The highest BCUT2D eigenvalue weighted by atomic mass is 32.2. The number of hydrogen-bond donors (Lipinski definition) is 0. The minimum Gasteiger partial charge on any atom is -0.263 e. The lowest BCUT2D eigenvalue weighted by molar-refractivity contribution is 0.0816. The quantitative estimate of drug-likeness (QED) is 0.738. The summed E-state index contributed by atoms with van der Waals surface area (Å²) in [4.78, 5) is 0.258. The number of rotatable bonds is 5. The molecule has 0 aromatic heterocycles. The molecule has 1 saturated carbocycles. The molecular weight excluding hydrogens is 296 g/mol. The summed E-state index contributed by atoms with van der Waals surface area (Å²) in [5, 5.41) is 0. The van der Waals surface area contributed by atoms with Crippen LogP contribution in [-0.2, 0) is 14.3 Å². The summed E-state index contributed by atoms with van der Waals surface area (Å²) in [6.07, 6.45) is 4.75. The Labute approximate surface area is 135 Å². The molecule has 0 saturated heterocycles. The van der Waals surface area contributed by atoms with E-state index in [4.69, 9.17) is 4.18 Å². The summed E-state index contributed by atoms with van der Waals surface area (Å²) in [5.74, 6) is 0.666. The standard InChI is InChI=1S/C18H28O3S/c1-5-18(3,4)15-8-10-16(11-9-15)21-22(19,20)17-12-6-14(2)7-13-17/h6-7,12-13,15-16H,5,8-11H2,1-4H3/t15-,16-. The molecule has 0 heterocycles. The third-order valence-corrected chi connectivity index (χ3v) is 6.64. The molecule has 1 fully saturated rings. The molecule has 0 spiro atoms. The summed E-state index contributed by atoms with van der Waals surface area (Å²) in [6.45, 7) is 8.78. The van der Waals surface area contributed by atoms with Crippen molar-refractivity contribution in [1.82, 2.24) is 0 Å². The van der Waals surface area contributed by atoms with Gasteiger partial charge in [-0.1, -0.05) is 44.9 Å². The Bertz CT molecular complexity index is 579. The third-order valence-electron chi connectivity index (χ3n) is 5.26. The fourth-order valence-corrected chi connectivity index (χ4v) is 4.30. The summed E-state index contributed by atoms with van der Waals surface area (Å²) in [6, 6.07) is 6.85. The van der Waals surface area contributed by atoms with Crippen molar-refractivity contribution >= 4 is 10.1 Å². The van der Waals surface area contributed by atoms with Crippen LogP contribution in [0.5, 0.6) is 0 Å². The lowest BCUT2D eigenvalue weighted by Gasteiger charge is -2.38. The molecule has 3 nitrogen and oxygen atoms in total. The Balaban J connectivity index is 1.97. The maximum absolute atomic E-state index is 12.3. The van der Waals surface area contributed by atoms with Gasteiger partial charge in [-0.2, -0.15) is 8.42 Å². The van der Waals surface area contributed by atoms with Crippen molar-refractivity contribution in [3.63, 3.8) is 0 Å². The van der Waals surface area contributed by atoms with Gasteiger partial charge in [0.15, 0.2) is 0 Å². The van der Waals surface area contributed by atoms with Crippen molar-refractivity contribution < 1.29 is 12.6 Å². The van der Waals surface area contributed by atoms with E-state index in [0.29, 0.717) is 11.3 Å².